The molecule has 0 saturated carbocycles. The first-order valence-electron chi connectivity index (χ1n) is 6.75. The maximum Gasteiger partial charge on any atom is 0.226 e. The van der Waals surface area contributed by atoms with Gasteiger partial charge in [-0.1, -0.05) is 12.1 Å². The lowest BCUT2D eigenvalue weighted by Gasteiger charge is -2.39. The molecule has 1 unspecified atom stereocenters. The van der Waals surface area contributed by atoms with Crippen LogP contribution in [0, 0.1) is 11.3 Å². The van der Waals surface area contributed by atoms with Crippen molar-refractivity contribution in [3.63, 3.8) is 0 Å². The molecule has 1 amide bonds. The first-order valence-corrected chi connectivity index (χ1v) is 8.57. The fourth-order valence-corrected chi connectivity index (χ4v) is 4.58. The Kier molecular flexibility index (Phi) is 3.95. The van der Waals surface area contributed by atoms with Gasteiger partial charge in [0.2, 0.25) is 5.91 Å². The number of likely N-dealkylation sites (tertiary alicyclic amines) is 1. The summed E-state index contributed by atoms with van der Waals surface area (Å²) in [6, 6.07) is 0. The van der Waals surface area contributed by atoms with Crippen LogP contribution in [0.1, 0.15) is 26.2 Å². The van der Waals surface area contributed by atoms with E-state index in [1.54, 1.807) is 4.90 Å². The molecule has 0 spiro atoms. The van der Waals surface area contributed by atoms with Gasteiger partial charge in [0.25, 0.3) is 0 Å². The Balaban J connectivity index is 1.96. The molecule has 2 heterocycles. The number of nitrogens with two attached hydrogens (primary N) is 1. The van der Waals surface area contributed by atoms with Crippen LogP contribution in [-0.2, 0) is 14.6 Å². The van der Waals surface area contributed by atoms with Crippen molar-refractivity contribution in [3.05, 3.63) is 0 Å². The Hall–Kier alpha value is -1.31. The van der Waals surface area contributed by atoms with Crippen molar-refractivity contribution in [2.24, 2.45) is 22.2 Å². The van der Waals surface area contributed by atoms with Gasteiger partial charge in [0.05, 0.1) is 17.4 Å². The second-order valence-electron chi connectivity index (χ2n) is 5.97. The van der Waals surface area contributed by atoms with Crippen LogP contribution in [0.2, 0.25) is 0 Å². The molecule has 0 aliphatic carbocycles. The minimum Gasteiger partial charge on any atom is -0.409 e. The van der Waals surface area contributed by atoms with Crippen molar-refractivity contribution >= 4 is 21.6 Å². The molecule has 0 radical (unpaired) electrons. The van der Waals surface area contributed by atoms with Crippen molar-refractivity contribution in [2.45, 2.75) is 26.2 Å². The molecule has 0 bridgehead atoms. The van der Waals surface area contributed by atoms with Gasteiger partial charge in [-0.15, -0.1) is 0 Å². The zero-order chi connectivity index (χ0) is 15.0. The Bertz CT molecular complexity index is 521. The first-order chi connectivity index (χ1) is 9.27. The molecule has 2 fully saturated rings. The monoisotopic (exact) mass is 303 g/mol. The number of carbonyl (C=O) groups is 1. The fourth-order valence-electron chi connectivity index (χ4n) is 2.85. The summed E-state index contributed by atoms with van der Waals surface area (Å²) in [6.45, 7) is 2.94. The van der Waals surface area contributed by atoms with Crippen molar-refractivity contribution in [1.29, 1.82) is 0 Å². The van der Waals surface area contributed by atoms with Gasteiger partial charge in [-0.3, -0.25) is 4.79 Å². The van der Waals surface area contributed by atoms with Crippen LogP contribution < -0.4 is 5.73 Å². The third-order valence-electron chi connectivity index (χ3n) is 4.49. The average Bonchev–Trinajstić information content (AvgIpc) is 2.78. The van der Waals surface area contributed by atoms with Crippen molar-refractivity contribution in [1.82, 2.24) is 4.90 Å². The number of amidine groups is 1. The minimum atomic E-state index is -3.04. The number of rotatable bonds is 2. The predicted octanol–water partition coefficient (Wildman–Crippen LogP) is -0.204. The third kappa shape index (κ3) is 2.89. The second-order valence-corrected chi connectivity index (χ2v) is 8.20. The van der Waals surface area contributed by atoms with Gasteiger partial charge in [-0.2, -0.15) is 0 Å². The van der Waals surface area contributed by atoms with Gasteiger partial charge in [-0.05, 0) is 19.3 Å². The van der Waals surface area contributed by atoms with E-state index >= 15 is 0 Å². The number of hydrogen-bond donors (Lipinski definition) is 2. The first kappa shape index (κ1) is 15.1. The summed E-state index contributed by atoms with van der Waals surface area (Å²) in [4.78, 5) is 14.0. The number of amides is 1. The number of oxime groups is 1. The highest BCUT2D eigenvalue weighted by atomic mass is 32.2. The summed E-state index contributed by atoms with van der Waals surface area (Å²) in [7, 11) is -3.04. The van der Waals surface area contributed by atoms with Crippen molar-refractivity contribution in [2.75, 3.05) is 24.6 Å². The van der Waals surface area contributed by atoms with E-state index in [0.717, 1.165) is 0 Å². The number of hydrogen-bond acceptors (Lipinski definition) is 5. The van der Waals surface area contributed by atoms with Crippen LogP contribution in [0.15, 0.2) is 5.16 Å². The molecule has 2 aliphatic heterocycles. The van der Waals surface area contributed by atoms with E-state index in [0.29, 0.717) is 32.4 Å². The number of sulfone groups is 1. The topological polar surface area (TPSA) is 113 Å². The zero-order valence-electron chi connectivity index (χ0n) is 11.6. The molecule has 2 aliphatic rings. The quantitative estimate of drug-likeness (QED) is 0.317. The highest BCUT2D eigenvalue weighted by molar-refractivity contribution is 7.91. The molecule has 1 atom stereocenters. The van der Waals surface area contributed by atoms with Crippen molar-refractivity contribution in [3.8, 4) is 0 Å². The standard InChI is InChI=1S/C12H21N3O4S/c1-12(11(13)14-17)3-5-15(6-4-12)10(16)9-2-7-20(18,19)8-9/h9,17H,2-8H2,1H3,(H2,13,14). The molecular formula is C12H21N3O4S. The van der Waals surface area contributed by atoms with Crippen LogP contribution in [0.5, 0.6) is 0 Å². The highest BCUT2D eigenvalue weighted by Gasteiger charge is 2.40. The molecule has 3 N–H and O–H groups in total. The minimum absolute atomic E-state index is 0.0279. The predicted molar refractivity (Wildman–Crippen MR) is 74.1 cm³/mol. The SMILES string of the molecule is CC1(C(N)=NO)CCN(C(=O)C2CCS(=O)(=O)C2)CC1. The van der Waals surface area contributed by atoms with Crippen LogP contribution in [0.25, 0.3) is 0 Å². The number of piperidine rings is 1. The van der Waals surface area contributed by atoms with Gasteiger partial charge >= 0.3 is 0 Å². The Morgan fingerprint density at radius 3 is 2.45 bits per heavy atom. The molecule has 20 heavy (non-hydrogen) atoms. The van der Waals surface area contributed by atoms with E-state index in [9.17, 15) is 13.2 Å². The van der Waals surface area contributed by atoms with E-state index in [-0.39, 0.29) is 23.2 Å². The lowest BCUT2D eigenvalue weighted by molar-refractivity contribution is -0.136. The Morgan fingerprint density at radius 2 is 2.00 bits per heavy atom. The van der Waals surface area contributed by atoms with Crippen molar-refractivity contribution < 1.29 is 18.4 Å². The molecule has 0 aromatic carbocycles. The van der Waals surface area contributed by atoms with E-state index in [1.807, 2.05) is 6.92 Å². The summed E-state index contributed by atoms with van der Waals surface area (Å²) in [6.07, 6.45) is 1.66. The summed E-state index contributed by atoms with van der Waals surface area (Å²) < 4.78 is 22.9. The van der Waals surface area contributed by atoms with E-state index < -0.39 is 21.2 Å². The maximum absolute atomic E-state index is 12.3. The van der Waals surface area contributed by atoms with Crippen LogP contribution in [0.3, 0.4) is 0 Å². The van der Waals surface area contributed by atoms with Gasteiger partial charge < -0.3 is 15.8 Å². The highest BCUT2D eigenvalue weighted by Crippen LogP contribution is 2.32. The Morgan fingerprint density at radius 1 is 1.40 bits per heavy atom. The number of carbonyl (C=O) groups excluding carboxylic acids is 1. The maximum atomic E-state index is 12.3. The third-order valence-corrected chi connectivity index (χ3v) is 6.25. The molecule has 0 aromatic rings. The van der Waals surface area contributed by atoms with E-state index in [4.69, 9.17) is 10.9 Å². The van der Waals surface area contributed by atoms with E-state index in [2.05, 4.69) is 5.16 Å². The molecular weight excluding hydrogens is 282 g/mol. The molecule has 2 rings (SSSR count). The molecule has 114 valence electrons. The molecule has 0 aromatic heterocycles. The summed E-state index contributed by atoms with van der Waals surface area (Å²) >= 11 is 0. The Labute approximate surface area is 118 Å². The van der Waals surface area contributed by atoms with Gasteiger partial charge in [-0.25, -0.2) is 8.42 Å². The largest absolute Gasteiger partial charge is 0.409 e. The number of nitrogens with zero attached hydrogens (tertiary/aromatic N) is 2. The summed E-state index contributed by atoms with van der Waals surface area (Å²) in [5, 5.41) is 11.8. The molecule has 7 nitrogen and oxygen atoms in total. The molecule has 2 saturated heterocycles. The molecule has 8 heteroatoms. The van der Waals surface area contributed by atoms with Gasteiger partial charge in [0, 0.05) is 18.5 Å². The van der Waals surface area contributed by atoms with Crippen LogP contribution in [-0.4, -0.2) is 54.9 Å². The smallest absolute Gasteiger partial charge is 0.226 e. The van der Waals surface area contributed by atoms with Gasteiger partial charge in [0.1, 0.15) is 5.84 Å². The van der Waals surface area contributed by atoms with Crippen LogP contribution in [0.4, 0.5) is 0 Å². The van der Waals surface area contributed by atoms with Gasteiger partial charge in [0.15, 0.2) is 9.84 Å². The zero-order valence-corrected chi connectivity index (χ0v) is 12.4. The van der Waals surface area contributed by atoms with E-state index in [1.165, 1.54) is 0 Å². The second kappa shape index (κ2) is 5.23. The lowest BCUT2D eigenvalue weighted by Crippen LogP contribution is -2.49. The summed E-state index contributed by atoms with van der Waals surface area (Å²) in [5.41, 5.74) is 5.28. The lowest BCUT2D eigenvalue weighted by atomic mass is 9.79. The summed E-state index contributed by atoms with van der Waals surface area (Å²) in [5.74, 6) is -0.201. The normalized spacial score (nSPS) is 29.4. The van der Waals surface area contributed by atoms with Crippen LogP contribution >= 0.6 is 0 Å². The fraction of sp³-hybridized carbons (Fsp3) is 0.833. The average molecular weight is 303 g/mol.